The van der Waals surface area contributed by atoms with E-state index >= 15 is 0 Å². The second kappa shape index (κ2) is 8.84. The smallest absolute Gasteiger partial charge is 0.415 e. The maximum absolute atomic E-state index is 14.5. The van der Waals surface area contributed by atoms with E-state index in [4.69, 9.17) is 16.3 Å². The van der Waals surface area contributed by atoms with Gasteiger partial charge in [0.25, 0.3) is 0 Å². The molecule has 1 N–H and O–H groups in total. The third-order valence-electron chi connectivity index (χ3n) is 5.61. The fourth-order valence-electron chi connectivity index (χ4n) is 3.94. The molecule has 0 radical (unpaired) electrons. The lowest BCUT2D eigenvalue weighted by Crippen LogP contribution is -2.48. The van der Waals surface area contributed by atoms with Crippen LogP contribution in [-0.2, 0) is 10.3 Å². The van der Waals surface area contributed by atoms with Crippen LogP contribution in [0.25, 0.3) is 11.1 Å². The van der Waals surface area contributed by atoms with Gasteiger partial charge in [-0.2, -0.15) is 0 Å². The van der Waals surface area contributed by atoms with Gasteiger partial charge >= 0.3 is 6.09 Å². The van der Waals surface area contributed by atoms with Crippen molar-refractivity contribution in [1.82, 2.24) is 0 Å². The number of ether oxygens (including phenoxy) is 1. The van der Waals surface area contributed by atoms with Crippen molar-refractivity contribution in [1.29, 1.82) is 0 Å². The number of aliphatic hydroxyl groups is 1. The molecule has 4 nitrogen and oxygen atoms in total. The van der Waals surface area contributed by atoms with Gasteiger partial charge in [0.1, 0.15) is 23.1 Å². The molecule has 166 valence electrons. The monoisotopic (exact) mass is 461 g/mol. The molecule has 3 aromatic rings. The topological polar surface area (TPSA) is 49.8 Å². The van der Waals surface area contributed by atoms with Gasteiger partial charge in [0.15, 0.2) is 0 Å². The molecule has 1 heterocycles. The van der Waals surface area contributed by atoms with Gasteiger partial charge in [0.2, 0.25) is 0 Å². The van der Waals surface area contributed by atoms with E-state index in [2.05, 4.69) is 0 Å². The third kappa shape index (κ3) is 4.18. The molecule has 3 aromatic carbocycles. The molecule has 0 bridgehead atoms. The van der Waals surface area contributed by atoms with Gasteiger partial charge in [-0.15, -0.1) is 0 Å². The van der Waals surface area contributed by atoms with Crippen molar-refractivity contribution in [3.05, 3.63) is 88.7 Å². The summed E-state index contributed by atoms with van der Waals surface area (Å²) in [6.45, 7) is -0.00709. The number of hydrogen-bond acceptors (Lipinski definition) is 3. The van der Waals surface area contributed by atoms with Gasteiger partial charge in [0, 0.05) is 42.8 Å². The minimum atomic E-state index is -1.10. The van der Waals surface area contributed by atoms with E-state index in [1.807, 2.05) is 0 Å². The van der Waals surface area contributed by atoms with Crippen molar-refractivity contribution in [3.63, 3.8) is 0 Å². The zero-order chi connectivity index (χ0) is 22.9. The first-order chi connectivity index (χ1) is 15.3. The van der Waals surface area contributed by atoms with Crippen LogP contribution in [0.4, 0.5) is 23.7 Å². The number of carbonyl (C=O) groups excluding carboxylic acids is 1. The van der Waals surface area contributed by atoms with Crippen LogP contribution in [0.5, 0.6) is 0 Å². The van der Waals surface area contributed by atoms with Crippen molar-refractivity contribution in [3.8, 4) is 11.1 Å². The number of anilines is 1. The number of nitrogens with zero attached hydrogens (tertiary/aromatic N) is 1. The number of halogens is 4. The second-order valence-corrected chi connectivity index (χ2v) is 7.94. The molecule has 0 saturated carbocycles. The van der Waals surface area contributed by atoms with Gasteiger partial charge in [-0.1, -0.05) is 23.7 Å². The van der Waals surface area contributed by atoms with Crippen molar-refractivity contribution < 1.29 is 27.8 Å². The molecule has 1 atom stereocenters. The first-order valence-electron chi connectivity index (χ1n) is 9.95. The first-order valence-corrected chi connectivity index (χ1v) is 10.3. The highest BCUT2D eigenvalue weighted by molar-refractivity contribution is 6.33. The number of rotatable bonds is 5. The Labute approximate surface area is 187 Å². The summed E-state index contributed by atoms with van der Waals surface area (Å²) in [6, 6.07) is 13.3. The average Bonchev–Trinajstić information content (AvgIpc) is 2.75. The molecular weight excluding hydrogens is 443 g/mol. The first kappa shape index (κ1) is 22.2. The van der Waals surface area contributed by atoms with Crippen molar-refractivity contribution >= 4 is 23.4 Å². The van der Waals surface area contributed by atoms with E-state index in [0.717, 1.165) is 6.07 Å². The fraction of sp³-hybridized carbons (Fsp3) is 0.208. The Kier molecular flexibility index (Phi) is 6.13. The molecule has 4 rings (SSSR count). The predicted octanol–water partition coefficient (Wildman–Crippen LogP) is 6.05. The van der Waals surface area contributed by atoms with Gasteiger partial charge in [-0.25, -0.2) is 18.0 Å². The third-order valence-corrected chi connectivity index (χ3v) is 5.92. The summed E-state index contributed by atoms with van der Waals surface area (Å²) in [6.07, 6.45) is -0.204. The molecule has 8 heteroatoms. The maximum atomic E-state index is 14.5. The summed E-state index contributed by atoms with van der Waals surface area (Å²) in [4.78, 5) is 14.3. The highest BCUT2D eigenvalue weighted by Gasteiger charge is 2.42. The average molecular weight is 462 g/mol. The Hall–Kier alpha value is -3.03. The predicted molar refractivity (Wildman–Crippen MR) is 115 cm³/mol. The van der Waals surface area contributed by atoms with Crippen LogP contribution in [0.15, 0.2) is 60.7 Å². The van der Waals surface area contributed by atoms with Crippen LogP contribution in [-0.4, -0.2) is 24.4 Å². The van der Waals surface area contributed by atoms with Gasteiger partial charge in [-0.05, 0) is 54.1 Å². The molecule has 0 aliphatic carbocycles. The number of aliphatic hydroxyl groups excluding tert-OH is 1. The maximum Gasteiger partial charge on any atom is 0.415 e. The molecule has 0 aromatic heterocycles. The van der Waals surface area contributed by atoms with Crippen LogP contribution < -0.4 is 4.90 Å². The molecule has 1 fully saturated rings. The summed E-state index contributed by atoms with van der Waals surface area (Å²) in [5.41, 5.74) is 0.270. The van der Waals surface area contributed by atoms with E-state index in [0.29, 0.717) is 23.2 Å². The number of hydrogen-bond donors (Lipinski definition) is 1. The fourth-order valence-corrected chi connectivity index (χ4v) is 4.21. The quantitative estimate of drug-likeness (QED) is 0.503. The molecule has 1 saturated heterocycles. The minimum Gasteiger partial charge on any atom is -0.437 e. The van der Waals surface area contributed by atoms with Crippen molar-refractivity contribution in [2.45, 2.75) is 18.4 Å². The number of carbonyl (C=O) groups is 1. The van der Waals surface area contributed by atoms with E-state index in [-0.39, 0.29) is 30.2 Å². The van der Waals surface area contributed by atoms with Crippen molar-refractivity contribution in [2.75, 3.05) is 18.1 Å². The Morgan fingerprint density at radius 2 is 1.69 bits per heavy atom. The summed E-state index contributed by atoms with van der Waals surface area (Å²) in [5.74, 6) is -1.54. The lowest BCUT2D eigenvalue weighted by atomic mass is 9.86. The van der Waals surface area contributed by atoms with Gasteiger partial charge in [0.05, 0.1) is 5.02 Å². The summed E-state index contributed by atoms with van der Waals surface area (Å²) >= 11 is 6.09. The molecule has 32 heavy (non-hydrogen) atoms. The normalized spacial score (nSPS) is 18.5. The highest BCUT2D eigenvalue weighted by Crippen LogP contribution is 2.40. The number of benzene rings is 3. The lowest BCUT2D eigenvalue weighted by Gasteiger charge is -2.41. The number of amides is 1. The zero-order valence-corrected chi connectivity index (χ0v) is 17.6. The van der Waals surface area contributed by atoms with Gasteiger partial charge < -0.3 is 9.84 Å². The summed E-state index contributed by atoms with van der Waals surface area (Å²) in [5, 5.41) is 9.59. The van der Waals surface area contributed by atoms with E-state index in [9.17, 15) is 23.1 Å². The Morgan fingerprint density at radius 1 is 0.969 bits per heavy atom. The van der Waals surface area contributed by atoms with Crippen LogP contribution >= 0.6 is 11.6 Å². The molecule has 1 aliphatic rings. The number of cyclic esters (lactones) is 1. The minimum absolute atomic E-state index is 0.0422. The summed E-state index contributed by atoms with van der Waals surface area (Å²) in [7, 11) is 0. The standard InChI is InChI=1S/C24H19ClF3NO3/c25-21-13-17(27)5-7-19(21)20-14-18(6-8-22(20)28)29-11-9-24(10-12-30,32-23(29)31)15-1-3-16(26)4-2-15/h1-8,13-14,30H,9-12H2/t24-/m0/s1. The lowest BCUT2D eigenvalue weighted by molar-refractivity contribution is -0.0258. The highest BCUT2D eigenvalue weighted by atomic mass is 35.5. The van der Waals surface area contributed by atoms with E-state index < -0.39 is 29.1 Å². The SMILES string of the molecule is O=C1O[C@@](CCO)(c2ccc(F)cc2)CCN1c1ccc(F)c(-c2ccc(F)cc2Cl)c1. The van der Waals surface area contributed by atoms with Crippen molar-refractivity contribution in [2.24, 2.45) is 0 Å². The molecular formula is C24H19ClF3NO3. The molecule has 1 aliphatic heterocycles. The molecule has 1 amide bonds. The Balaban J connectivity index is 1.65. The van der Waals surface area contributed by atoms with E-state index in [1.54, 1.807) is 0 Å². The van der Waals surface area contributed by atoms with E-state index in [1.165, 1.54) is 59.5 Å². The Bertz CT molecular complexity index is 1160. The van der Waals surface area contributed by atoms with Crippen LogP contribution in [0, 0.1) is 17.5 Å². The molecule has 0 spiro atoms. The summed E-state index contributed by atoms with van der Waals surface area (Å²) < 4.78 is 47.0. The molecule has 0 unspecified atom stereocenters. The second-order valence-electron chi connectivity index (χ2n) is 7.53. The van der Waals surface area contributed by atoms with Gasteiger partial charge in [-0.3, -0.25) is 4.90 Å². The zero-order valence-electron chi connectivity index (χ0n) is 16.8. The van der Waals surface area contributed by atoms with Crippen LogP contribution in [0.2, 0.25) is 5.02 Å². The van der Waals surface area contributed by atoms with Crippen LogP contribution in [0.3, 0.4) is 0 Å². The van der Waals surface area contributed by atoms with Crippen LogP contribution in [0.1, 0.15) is 18.4 Å². The Morgan fingerprint density at radius 3 is 2.34 bits per heavy atom. The largest absolute Gasteiger partial charge is 0.437 e.